The molecule has 0 spiro atoms. The molecule has 0 aromatic heterocycles. The lowest BCUT2D eigenvalue weighted by molar-refractivity contribution is -0.385. The fraction of sp³-hybridized carbons (Fsp3) is 0.200. The van der Waals surface area contributed by atoms with E-state index in [1.807, 2.05) is 6.07 Å². The van der Waals surface area contributed by atoms with E-state index in [0.29, 0.717) is 23.6 Å². The largest absolute Gasteiger partial charge is 0.493 e. The van der Waals surface area contributed by atoms with Crippen LogP contribution >= 0.6 is 0 Å². The van der Waals surface area contributed by atoms with Gasteiger partial charge in [0.05, 0.1) is 19.1 Å². The van der Waals surface area contributed by atoms with Crippen LogP contribution in [0.3, 0.4) is 0 Å². The third kappa shape index (κ3) is 3.42. The highest BCUT2D eigenvalue weighted by molar-refractivity contribution is 5.55. The molecule has 0 fully saturated rings. The first-order valence-electron chi connectivity index (χ1n) is 6.34. The van der Waals surface area contributed by atoms with Crippen molar-refractivity contribution in [3.05, 3.63) is 58.1 Å². The summed E-state index contributed by atoms with van der Waals surface area (Å²) < 4.78 is 10.4. The van der Waals surface area contributed by atoms with Gasteiger partial charge in [0, 0.05) is 29.9 Å². The molecule has 110 valence electrons. The van der Waals surface area contributed by atoms with Crippen LogP contribution < -0.4 is 14.8 Å². The zero-order chi connectivity index (χ0) is 15.2. The second kappa shape index (κ2) is 6.60. The van der Waals surface area contributed by atoms with Gasteiger partial charge in [-0.2, -0.15) is 0 Å². The fourth-order valence-electron chi connectivity index (χ4n) is 1.98. The Morgan fingerprint density at radius 3 is 2.48 bits per heavy atom. The van der Waals surface area contributed by atoms with Crippen molar-refractivity contribution >= 4 is 11.4 Å². The number of methoxy groups -OCH3 is 2. The van der Waals surface area contributed by atoms with Crippen LogP contribution in [0.1, 0.15) is 5.56 Å². The maximum atomic E-state index is 11.0. The molecular weight excluding hydrogens is 272 g/mol. The molecule has 0 aliphatic carbocycles. The molecule has 6 heteroatoms. The first-order valence-corrected chi connectivity index (χ1v) is 6.34. The van der Waals surface area contributed by atoms with Crippen molar-refractivity contribution in [3.63, 3.8) is 0 Å². The van der Waals surface area contributed by atoms with Crippen molar-refractivity contribution in [2.24, 2.45) is 0 Å². The number of rotatable bonds is 6. The van der Waals surface area contributed by atoms with Crippen LogP contribution in [0.2, 0.25) is 0 Å². The summed E-state index contributed by atoms with van der Waals surface area (Å²) >= 11 is 0. The summed E-state index contributed by atoms with van der Waals surface area (Å²) in [5.41, 5.74) is 1.52. The van der Waals surface area contributed by atoms with Gasteiger partial charge < -0.3 is 14.8 Å². The number of anilines is 1. The Balaban J connectivity index is 2.15. The summed E-state index contributed by atoms with van der Waals surface area (Å²) in [5.74, 6) is 1.24. The molecule has 0 bridgehead atoms. The molecule has 0 aliphatic rings. The average Bonchev–Trinajstić information content (AvgIpc) is 2.52. The van der Waals surface area contributed by atoms with E-state index < -0.39 is 0 Å². The minimum absolute atomic E-state index is 0.102. The van der Waals surface area contributed by atoms with Gasteiger partial charge in [0.1, 0.15) is 0 Å². The lowest BCUT2D eigenvalue weighted by Crippen LogP contribution is -2.03. The van der Waals surface area contributed by atoms with Crippen molar-refractivity contribution in [1.29, 1.82) is 0 Å². The second-order valence-corrected chi connectivity index (χ2v) is 4.31. The monoisotopic (exact) mass is 288 g/mol. The summed E-state index contributed by atoms with van der Waals surface area (Å²) in [6.45, 7) is 0.354. The second-order valence-electron chi connectivity index (χ2n) is 4.31. The summed E-state index contributed by atoms with van der Waals surface area (Å²) in [6, 6.07) is 12.0. The Kier molecular flexibility index (Phi) is 4.61. The molecule has 0 aliphatic heterocycles. The third-order valence-electron chi connectivity index (χ3n) is 3.05. The number of nitrogens with one attached hydrogen (secondary N) is 1. The molecule has 1 N–H and O–H groups in total. The van der Waals surface area contributed by atoms with E-state index in [0.717, 1.165) is 5.69 Å². The quantitative estimate of drug-likeness (QED) is 0.652. The van der Waals surface area contributed by atoms with Crippen LogP contribution in [-0.2, 0) is 6.54 Å². The summed E-state index contributed by atoms with van der Waals surface area (Å²) in [7, 11) is 3.13. The van der Waals surface area contributed by atoms with Crippen molar-refractivity contribution in [2.75, 3.05) is 19.5 Å². The normalized spacial score (nSPS) is 10.0. The number of nitro benzene ring substituents is 1. The summed E-state index contributed by atoms with van der Waals surface area (Å²) in [5, 5.41) is 14.1. The number of hydrogen-bond acceptors (Lipinski definition) is 5. The fourth-order valence-corrected chi connectivity index (χ4v) is 1.98. The summed E-state index contributed by atoms with van der Waals surface area (Å²) in [6.07, 6.45) is 0. The van der Waals surface area contributed by atoms with E-state index in [1.165, 1.54) is 6.07 Å². The van der Waals surface area contributed by atoms with E-state index in [1.54, 1.807) is 44.6 Å². The van der Waals surface area contributed by atoms with Crippen LogP contribution in [0.25, 0.3) is 0 Å². The van der Waals surface area contributed by atoms with E-state index in [4.69, 9.17) is 9.47 Å². The van der Waals surface area contributed by atoms with E-state index >= 15 is 0 Å². The SMILES string of the molecule is COc1ccc(NCc2ccccc2[N+](=O)[O-])cc1OC. The first-order chi connectivity index (χ1) is 10.2. The Hall–Kier alpha value is -2.76. The standard InChI is InChI=1S/C15H16N2O4/c1-20-14-8-7-12(9-15(14)21-2)16-10-11-5-3-4-6-13(11)17(18)19/h3-9,16H,10H2,1-2H3. The van der Waals surface area contributed by atoms with E-state index in [9.17, 15) is 10.1 Å². The molecule has 0 saturated carbocycles. The molecule has 0 saturated heterocycles. The number of hydrogen-bond donors (Lipinski definition) is 1. The van der Waals surface area contributed by atoms with Gasteiger partial charge in [0.25, 0.3) is 5.69 Å². The van der Waals surface area contributed by atoms with Crippen LogP contribution in [0.4, 0.5) is 11.4 Å². The van der Waals surface area contributed by atoms with Gasteiger partial charge in [-0.1, -0.05) is 18.2 Å². The van der Waals surface area contributed by atoms with E-state index in [-0.39, 0.29) is 10.6 Å². The van der Waals surface area contributed by atoms with Gasteiger partial charge in [-0.15, -0.1) is 0 Å². The maximum absolute atomic E-state index is 11.0. The van der Waals surface area contributed by atoms with Crippen LogP contribution in [-0.4, -0.2) is 19.1 Å². The maximum Gasteiger partial charge on any atom is 0.274 e. The smallest absolute Gasteiger partial charge is 0.274 e. The average molecular weight is 288 g/mol. The molecule has 21 heavy (non-hydrogen) atoms. The molecule has 0 unspecified atom stereocenters. The molecule has 2 rings (SSSR count). The summed E-state index contributed by atoms with van der Waals surface area (Å²) in [4.78, 5) is 10.6. The molecular formula is C15H16N2O4. The van der Waals surface area contributed by atoms with Crippen LogP contribution in [0, 0.1) is 10.1 Å². The predicted octanol–water partition coefficient (Wildman–Crippen LogP) is 3.22. The van der Waals surface area contributed by atoms with Gasteiger partial charge in [0.2, 0.25) is 0 Å². The topological polar surface area (TPSA) is 73.6 Å². The van der Waals surface area contributed by atoms with Crippen molar-refractivity contribution in [2.45, 2.75) is 6.54 Å². The molecule has 2 aromatic carbocycles. The van der Waals surface area contributed by atoms with Crippen LogP contribution in [0.15, 0.2) is 42.5 Å². The van der Waals surface area contributed by atoms with Crippen molar-refractivity contribution in [3.8, 4) is 11.5 Å². The minimum Gasteiger partial charge on any atom is -0.493 e. The lowest BCUT2D eigenvalue weighted by Gasteiger charge is -2.11. The number of benzene rings is 2. The Bertz CT molecular complexity index is 643. The molecule has 0 amide bonds. The molecule has 2 aromatic rings. The van der Waals surface area contributed by atoms with Gasteiger partial charge in [-0.05, 0) is 12.1 Å². The lowest BCUT2D eigenvalue weighted by atomic mass is 10.1. The van der Waals surface area contributed by atoms with Gasteiger partial charge in [-0.25, -0.2) is 0 Å². The molecule has 6 nitrogen and oxygen atoms in total. The van der Waals surface area contributed by atoms with Gasteiger partial charge >= 0.3 is 0 Å². The zero-order valence-corrected chi connectivity index (χ0v) is 11.8. The van der Waals surface area contributed by atoms with Crippen molar-refractivity contribution in [1.82, 2.24) is 0 Å². The molecule has 0 radical (unpaired) electrons. The highest BCUT2D eigenvalue weighted by atomic mass is 16.6. The minimum atomic E-state index is -0.383. The predicted molar refractivity (Wildman–Crippen MR) is 80.0 cm³/mol. The third-order valence-corrected chi connectivity index (χ3v) is 3.05. The highest BCUT2D eigenvalue weighted by Gasteiger charge is 2.12. The number of para-hydroxylation sites is 1. The first kappa shape index (κ1) is 14.6. The zero-order valence-electron chi connectivity index (χ0n) is 11.8. The Morgan fingerprint density at radius 2 is 1.81 bits per heavy atom. The Morgan fingerprint density at radius 1 is 1.10 bits per heavy atom. The Labute approximate surface area is 122 Å². The van der Waals surface area contributed by atoms with Gasteiger partial charge in [-0.3, -0.25) is 10.1 Å². The van der Waals surface area contributed by atoms with Gasteiger partial charge in [0.15, 0.2) is 11.5 Å². The number of nitro groups is 1. The number of ether oxygens (including phenoxy) is 2. The highest BCUT2D eigenvalue weighted by Crippen LogP contribution is 2.30. The van der Waals surface area contributed by atoms with Crippen molar-refractivity contribution < 1.29 is 14.4 Å². The van der Waals surface area contributed by atoms with Crippen LogP contribution in [0.5, 0.6) is 11.5 Å². The molecule has 0 atom stereocenters. The van der Waals surface area contributed by atoms with E-state index in [2.05, 4.69) is 5.32 Å². The molecule has 0 heterocycles. The number of nitrogens with zero attached hydrogens (tertiary/aromatic N) is 1.